The van der Waals surface area contributed by atoms with Crippen LogP contribution in [0.25, 0.3) is 0 Å². The number of nitrogens with zero attached hydrogens (tertiary/aromatic N) is 1. The fourth-order valence-electron chi connectivity index (χ4n) is 2.77. The van der Waals surface area contributed by atoms with E-state index in [2.05, 4.69) is 5.32 Å². The van der Waals surface area contributed by atoms with Crippen molar-refractivity contribution in [2.75, 3.05) is 16.4 Å². The summed E-state index contributed by atoms with van der Waals surface area (Å²) in [5, 5.41) is 3.62. The molecule has 1 N–H and O–H groups in total. The Labute approximate surface area is 122 Å². The molecule has 2 saturated heterocycles. The van der Waals surface area contributed by atoms with Gasteiger partial charge in [0.05, 0.1) is 23.6 Å². The van der Waals surface area contributed by atoms with Crippen LogP contribution in [0.15, 0.2) is 24.3 Å². The van der Waals surface area contributed by atoms with E-state index in [4.69, 9.17) is 12.2 Å². The molecule has 1 aromatic rings. The summed E-state index contributed by atoms with van der Waals surface area (Å²) in [5.74, 6) is 0.235. The van der Waals surface area contributed by atoms with E-state index in [-0.39, 0.29) is 29.4 Å². The quantitative estimate of drug-likeness (QED) is 0.642. The van der Waals surface area contributed by atoms with E-state index in [0.717, 1.165) is 5.69 Å². The van der Waals surface area contributed by atoms with Crippen LogP contribution in [0.5, 0.6) is 0 Å². The van der Waals surface area contributed by atoms with Crippen LogP contribution in [0.4, 0.5) is 5.69 Å². The normalized spacial score (nSPS) is 27.2. The lowest BCUT2D eigenvalue weighted by atomic mass is 10.1. The Bertz CT molecular complexity index is 682. The highest BCUT2D eigenvalue weighted by Crippen LogP contribution is 2.29. The van der Waals surface area contributed by atoms with Crippen LogP contribution in [0.3, 0.4) is 0 Å². The van der Waals surface area contributed by atoms with Crippen LogP contribution in [-0.4, -0.2) is 42.9 Å². The summed E-state index contributed by atoms with van der Waals surface area (Å²) in [7, 11) is -3.01. The van der Waals surface area contributed by atoms with E-state index in [9.17, 15) is 13.2 Å². The molecule has 2 aliphatic rings. The summed E-state index contributed by atoms with van der Waals surface area (Å²) in [4.78, 5) is 13.1. The maximum Gasteiger partial charge on any atom is 0.174 e. The molecule has 0 saturated carbocycles. The molecule has 0 radical (unpaired) electrons. The molecule has 20 heavy (non-hydrogen) atoms. The second-order valence-electron chi connectivity index (χ2n) is 5.17. The van der Waals surface area contributed by atoms with Crippen molar-refractivity contribution in [1.82, 2.24) is 5.32 Å². The Morgan fingerprint density at radius 3 is 2.55 bits per heavy atom. The number of benzene rings is 1. The second kappa shape index (κ2) is 4.53. The molecule has 0 aliphatic carbocycles. The molecule has 0 amide bonds. The lowest BCUT2D eigenvalue weighted by Crippen LogP contribution is -2.36. The average molecular weight is 310 g/mol. The lowest BCUT2D eigenvalue weighted by molar-refractivity contribution is 0.101. The van der Waals surface area contributed by atoms with Gasteiger partial charge in [0.15, 0.2) is 20.7 Å². The summed E-state index contributed by atoms with van der Waals surface area (Å²) in [5.41, 5.74) is 1.44. The Hall–Kier alpha value is -1.47. The maximum atomic E-state index is 11.7. The first-order valence-corrected chi connectivity index (χ1v) is 8.51. The van der Waals surface area contributed by atoms with Crippen molar-refractivity contribution in [3.05, 3.63) is 29.8 Å². The van der Waals surface area contributed by atoms with Crippen LogP contribution in [0.2, 0.25) is 0 Å². The number of hydrogen-bond donors (Lipinski definition) is 1. The fraction of sp³-hybridized carbons (Fsp3) is 0.385. The Balaban J connectivity index is 1.93. The molecule has 2 heterocycles. The standard InChI is InChI=1S/C13H14N2O3S2/c1-8(16)9-2-4-10(5-3-9)15-12-7-20(17,18)6-11(12)14-13(15)19/h2-5,11-12H,6-7H2,1H3,(H,14,19)/t11-,12+/m1/s1. The van der Waals surface area contributed by atoms with Crippen molar-refractivity contribution in [1.29, 1.82) is 0 Å². The smallest absolute Gasteiger partial charge is 0.174 e. The molecule has 0 unspecified atom stereocenters. The van der Waals surface area contributed by atoms with Gasteiger partial charge in [0, 0.05) is 11.3 Å². The van der Waals surface area contributed by atoms with Crippen LogP contribution >= 0.6 is 12.2 Å². The number of carbonyl (C=O) groups is 1. The number of fused-ring (bicyclic) bond motifs is 1. The van der Waals surface area contributed by atoms with Crippen molar-refractivity contribution in [3.63, 3.8) is 0 Å². The Morgan fingerprint density at radius 1 is 1.30 bits per heavy atom. The SMILES string of the molecule is CC(=O)c1ccc(N2C(=S)N[C@@H]3CS(=O)(=O)C[C@@H]32)cc1. The van der Waals surface area contributed by atoms with Gasteiger partial charge in [-0.05, 0) is 43.4 Å². The second-order valence-corrected chi connectivity index (χ2v) is 7.71. The molecule has 1 aromatic carbocycles. The van der Waals surface area contributed by atoms with Gasteiger partial charge in [0.2, 0.25) is 0 Å². The first-order valence-electron chi connectivity index (χ1n) is 6.28. The molecule has 3 rings (SSSR count). The van der Waals surface area contributed by atoms with Crippen molar-refractivity contribution in [3.8, 4) is 0 Å². The minimum absolute atomic E-state index is 0.00000541. The predicted molar refractivity (Wildman–Crippen MR) is 80.9 cm³/mol. The van der Waals surface area contributed by atoms with Gasteiger partial charge >= 0.3 is 0 Å². The first-order chi connectivity index (χ1) is 9.37. The van der Waals surface area contributed by atoms with Gasteiger partial charge in [-0.2, -0.15) is 0 Å². The molecular weight excluding hydrogens is 296 g/mol. The first kappa shape index (κ1) is 13.5. The molecule has 2 aliphatic heterocycles. The molecule has 7 heteroatoms. The third-order valence-electron chi connectivity index (χ3n) is 3.73. The van der Waals surface area contributed by atoms with E-state index < -0.39 is 9.84 Å². The zero-order valence-electron chi connectivity index (χ0n) is 10.9. The number of hydrogen-bond acceptors (Lipinski definition) is 4. The molecule has 0 aromatic heterocycles. The zero-order valence-corrected chi connectivity index (χ0v) is 12.5. The van der Waals surface area contributed by atoms with Gasteiger partial charge in [-0.1, -0.05) is 0 Å². The van der Waals surface area contributed by atoms with Gasteiger partial charge < -0.3 is 10.2 Å². The summed E-state index contributed by atoms with van der Waals surface area (Å²) < 4.78 is 23.4. The molecule has 2 atom stereocenters. The third-order valence-corrected chi connectivity index (χ3v) is 5.76. The molecule has 0 spiro atoms. The largest absolute Gasteiger partial charge is 0.356 e. The monoisotopic (exact) mass is 310 g/mol. The number of ketones is 1. The number of rotatable bonds is 2. The number of sulfone groups is 1. The highest BCUT2D eigenvalue weighted by Gasteiger charge is 2.47. The maximum absolute atomic E-state index is 11.7. The fourth-order valence-corrected chi connectivity index (χ4v) is 5.05. The van der Waals surface area contributed by atoms with E-state index >= 15 is 0 Å². The molecule has 0 bridgehead atoms. The minimum atomic E-state index is -3.01. The Kier molecular flexibility index (Phi) is 3.06. The summed E-state index contributed by atoms with van der Waals surface area (Å²) >= 11 is 5.29. The van der Waals surface area contributed by atoms with Gasteiger partial charge in [-0.15, -0.1) is 0 Å². The van der Waals surface area contributed by atoms with Crippen molar-refractivity contribution < 1.29 is 13.2 Å². The van der Waals surface area contributed by atoms with Gasteiger partial charge in [-0.25, -0.2) is 8.42 Å². The zero-order chi connectivity index (χ0) is 14.5. The van der Waals surface area contributed by atoms with E-state index in [1.165, 1.54) is 6.92 Å². The van der Waals surface area contributed by atoms with Crippen LogP contribution < -0.4 is 10.2 Å². The molecular formula is C13H14N2O3S2. The number of carbonyl (C=O) groups excluding carboxylic acids is 1. The summed E-state index contributed by atoms with van der Waals surface area (Å²) in [6.45, 7) is 1.51. The Morgan fingerprint density at radius 2 is 1.95 bits per heavy atom. The van der Waals surface area contributed by atoms with Crippen molar-refractivity contribution >= 4 is 38.6 Å². The highest BCUT2D eigenvalue weighted by molar-refractivity contribution is 7.91. The number of anilines is 1. The van der Waals surface area contributed by atoms with Crippen molar-refractivity contribution in [2.24, 2.45) is 0 Å². The summed E-state index contributed by atoms with van der Waals surface area (Å²) in [6, 6.07) is 6.78. The van der Waals surface area contributed by atoms with Crippen LogP contribution in [0.1, 0.15) is 17.3 Å². The topological polar surface area (TPSA) is 66.5 Å². The number of nitrogens with one attached hydrogen (secondary N) is 1. The lowest BCUT2D eigenvalue weighted by Gasteiger charge is -2.23. The van der Waals surface area contributed by atoms with Gasteiger partial charge in [-0.3, -0.25) is 4.79 Å². The molecule has 106 valence electrons. The minimum Gasteiger partial charge on any atom is -0.356 e. The highest BCUT2D eigenvalue weighted by atomic mass is 32.2. The molecule has 2 fully saturated rings. The van der Waals surface area contributed by atoms with Gasteiger partial charge in [0.1, 0.15) is 0 Å². The van der Waals surface area contributed by atoms with E-state index in [1.807, 2.05) is 4.90 Å². The van der Waals surface area contributed by atoms with Crippen molar-refractivity contribution in [2.45, 2.75) is 19.0 Å². The predicted octanol–water partition coefficient (Wildman–Crippen LogP) is 0.749. The van der Waals surface area contributed by atoms with E-state index in [0.29, 0.717) is 10.7 Å². The van der Waals surface area contributed by atoms with Gasteiger partial charge in [0.25, 0.3) is 0 Å². The van der Waals surface area contributed by atoms with Crippen LogP contribution in [-0.2, 0) is 9.84 Å². The van der Waals surface area contributed by atoms with E-state index in [1.54, 1.807) is 24.3 Å². The number of thiocarbonyl (C=S) groups is 1. The average Bonchev–Trinajstić information content (AvgIpc) is 2.79. The number of Topliss-reactive ketones (excluding diaryl/α,β-unsaturated/α-hetero) is 1. The summed E-state index contributed by atoms with van der Waals surface area (Å²) in [6.07, 6.45) is 0. The third kappa shape index (κ3) is 2.20. The molecule has 5 nitrogen and oxygen atoms in total. The van der Waals surface area contributed by atoms with Crippen LogP contribution in [0, 0.1) is 0 Å².